The number of methoxy groups -OCH3 is 2. The van der Waals surface area contributed by atoms with Gasteiger partial charge in [-0.1, -0.05) is 23.7 Å². The Hall–Kier alpha value is -3.23. The highest BCUT2D eigenvalue weighted by atomic mass is 35.5. The van der Waals surface area contributed by atoms with Crippen molar-refractivity contribution in [2.75, 3.05) is 41.4 Å². The van der Waals surface area contributed by atoms with Crippen LogP contribution in [0.1, 0.15) is 31.0 Å². The van der Waals surface area contributed by atoms with Gasteiger partial charge in [0.05, 0.1) is 42.5 Å². The summed E-state index contributed by atoms with van der Waals surface area (Å²) in [7, 11) is 6.64. The summed E-state index contributed by atoms with van der Waals surface area (Å²) in [4.78, 5) is 29.7. The molecule has 1 atom stereocenters. The van der Waals surface area contributed by atoms with Crippen molar-refractivity contribution in [3.63, 3.8) is 0 Å². The van der Waals surface area contributed by atoms with Crippen molar-refractivity contribution in [2.45, 2.75) is 26.0 Å². The van der Waals surface area contributed by atoms with E-state index in [1.165, 1.54) is 31.3 Å². The SMILES string of the molecule is COc1cc(/C(O)=C2\C(=O)C(=O)N(CCN(C)C)C2c2ccc(OC(C)C)cc2)c(OC)cc1Cl. The molecule has 1 aliphatic rings. The van der Waals surface area contributed by atoms with Crippen LogP contribution in [0, 0.1) is 0 Å². The largest absolute Gasteiger partial charge is 0.507 e. The Bertz CT molecular complexity index is 1130. The maximum absolute atomic E-state index is 13.2. The van der Waals surface area contributed by atoms with Gasteiger partial charge in [0.25, 0.3) is 11.7 Å². The lowest BCUT2D eigenvalue weighted by Crippen LogP contribution is -2.35. The van der Waals surface area contributed by atoms with E-state index in [0.717, 1.165) is 0 Å². The van der Waals surface area contributed by atoms with Crippen LogP contribution in [-0.2, 0) is 9.59 Å². The molecule has 9 heteroatoms. The van der Waals surface area contributed by atoms with Crippen LogP contribution >= 0.6 is 11.6 Å². The minimum absolute atomic E-state index is 0.000993. The summed E-state index contributed by atoms with van der Waals surface area (Å²) >= 11 is 6.22. The second kappa shape index (κ2) is 11.0. The quantitative estimate of drug-likeness (QED) is 0.313. The normalized spacial score (nSPS) is 17.4. The first-order valence-electron chi connectivity index (χ1n) is 11.2. The minimum Gasteiger partial charge on any atom is -0.507 e. The van der Waals surface area contributed by atoms with Crippen LogP contribution in [0.3, 0.4) is 0 Å². The van der Waals surface area contributed by atoms with Gasteiger partial charge in [-0.15, -0.1) is 0 Å². The third-order valence-corrected chi connectivity index (χ3v) is 5.92. The van der Waals surface area contributed by atoms with Gasteiger partial charge in [-0.25, -0.2) is 0 Å². The molecule has 1 saturated heterocycles. The average Bonchev–Trinajstić information content (AvgIpc) is 3.07. The number of aliphatic hydroxyl groups is 1. The first kappa shape index (κ1) is 26.4. The molecule has 1 heterocycles. The molecule has 0 bridgehead atoms. The number of amides is 1. The van der Waals surface area contributed by atoms with Crippen LogP contribution in [0.2, 0.25) is 5.02 Å². The van der Waals surface area contributed by atoms with E-state index in [0.29, 0.717) is 30.2 Å². The Morgan fingerprint density at radius 3 is 2.26 bits per heavy atom. The Morgan fingerprint density at radius 1 is 1.09 bits per heavy atom. The molecule has 3 rings (SSSR count). The van der Waals surface area contributed by atoms with Gasteiger partial charge in [0.1, 0.15) is 23.0 Å². The number of rotatable bonds is 9. The van der Waals surface area contributed by atoms with E-state index < -0.39 is 17.7 Å². The predicted octanol–water partition coefficient (Wildman–Crippen LogP) is 4.13. The first-order valence-corrected chi connectivity index (χ1v) is 11.6. The van der Waals surface area contributed by atoms with Crippen molar-refractivity contribution in [1.82, 2.24) is 9.80 Å². The number of hydrogen-bond acceptors (Lipinski definition) is 7. The van der Waals surface area contributed by atoms with Crippen LogP contribution in [0.25, 0.3) is 5.76 Å². The summed E-state index contributed by atoms with van der Waals surface area (Å²) in [5.74, 6) is -0.617. The molecular weight excluding hydrogens is 472 g/mol. The number of likely N-dealkylation sites (N-methyl/N-ethyl adjacent to an activating group) is 1. The maximum Gasteiger partial charge on any atom is 0.295 e. The third kappa shape index (κ3) is 5.55. The molecule has 1 aliphatic heterocycles. The lowest BCUT2D eigenvalue weighted by atomic mass is 9.94. The van der Waals surface area contributed by atoms with E-state index in [1.807, 2.05) is 32.8 Å². The number of nitrogens with zero attached hydrogens (tertiary/aromatic N) is 2. The van der Waals surface area contributed by atoms with Crippen molar-refractivity contribution in [2.24, 2.45) is 0 Å². The van der Waals surface area contributed by atoms with Crippen LogP contribution in [0.5, 0.6) is 17.2 Å². The van der Waals surface area contributed by atoms with Crippen molar-refractivity contribution in [3.05, 3.63) is 58.1 Å². The fourth-order valence-electron chi connectivity index (χ4n) is 3.96. The molecule has 8 nitrogen and oxygen atoms in total. The molecule has 0 spiro atoms. The molecule has 0 saturated carbocycles. The van der Waals surface area contributed by atoms with E-state index in [4.69, 9.17) is 25.8 Å². The Morgan fingerprint density at radius 2 is 1.71 bits per heavy atom. The highest BCUT2D eigenvalue weighted by molar-refractivity contribution is 6.46. The molecule has 1 unspecified atom stereocenters. The fourth-order valence-corrected chi connectivity index (χ4v) is 4.19. The second-order valence-electron chi connectivity index (χ2n) is 8.72. The molecule has 1 fully saturated rings. The number of carbonyl (C=O) groups is 2. The number of likely N-dealkylation sites (tertiary alicyclic amines) is 1. The van der Waals surface area contributed by atoms with Crippen LogP contribution in [0.4, 0.5) is 0 Å². The Labute approximate surface area is 210 Å². The number of ether oxygens (including phenoxy) is 3. The first-order chi connectivity index (χ1) is 16.6. The van der Waals surface area contributed by atoms with E-state index in [-0.39, 0.29) is 33.8 Å². The summed E-state index contributed by atoms with van der Waals surface area (Å²) < 4.78 is 16.4. The molecule has 188 valence electrons. The fraction of sp³-hybridized carbons (Fsp3) is 0.385. The van der Waals surface area contributed by atoms with E-state index in [1.54, 1.807) is 24.3 Å². The highest BCUT2D eigenvalue weighted by Gasteiger charge is 2.46. The molecule has 2 aromatic carbocycles. The van der Waals surface area contributed by atoms with E-state index in [9.17, 15) is 14.7 Å². The molecule has 0 aromatic heterocycles. The van der Waals surface area contributed by atoms with Gasteiger partial charge in [0, 0.05) is 19.2 Å². The highest BCUT2D eigenvalue weighted by Crippen LogP contribution is 2.43. The van der Waals surface area contributed by atoms with Crippen LogP contribution < -0.4 is 14.2 Å². The summed E-state index contributed by atoms with van der Waals surface area (Å²) in [5, 5.41) is 11.7. The number of benzene rings is 2. The minimum atomic E-state index is -0.797. The lowest BCUT2D eigenvalue weighted by molar-refractivity contribution is -0.140. The van der Waals surface area contributed by atoms with Gasteiger partial charge in [0.2, 0.25) is 0 Å². The summed E-state index contributed by atoms with van der Waals surface area (Å²) in [6.45, 7) is 4.69. The van der Waals surface area contributed by atoms with Gasteiger partial charge in [-0.05, 0) is 51.7 Å². The molecule has 0 aliphatic carbocycles. The number of hydrogen-bond donors (Lipinski definition) is 1. The predicted molar refractivity (Wildman–Crippen MR) is 134 cm³/mol. The van der Waals surface area contributed by atoms with Gasteiger partial charge in [0.15, 0.2) is 0 Å². The summed E-state index contributed by atoms with van der Waals surface area (Å²) in [6.07, 6.45) is -0.000993. The van der Waals surface area contributed by atoms with Crippen molar-refractivity contribution in [3.8, 4) is 17.2 Å². The van der Waals surface area contributed by atoms with Crippen LogP contribution in [-0.4, -0.2) is 74.1 Å². The van der Waals surface area contributed by atoms with Gasteiger partial charge >= 0.3 is 0 Å². The number of ketones is 1. The number of aliphatic hydroxyl groups excluding tert-OH is 1. The number of halogens is 1. The molecule has 1 amide bonds. The van der Waals surface area contributed by atoms with Gasteiger partial charge in [-0.2, -0.15) is 0 Å². The zero-order valence-electron chi connectivity index (χ0n) is 20.8. The topological polar surface area (TPSA) is 88.5 Å². The lowest BCUT2D eigenvalue weighted by Gasteiger charge is -2.27. The maximum atomic E-state index is 13.2. The Balaban J connectivity index is 2.19. The average molecular weight is 503 g/mol. The number of Topliss-reactive ketones (excluding diaryl/α,β-unsaturated/α-hetero) is 1. The van der Waals surface area contributed by atoms with Crippen LogP contribution in [0.15, 0.2) is 42.0 Å². The van der Waals surface area contributed by atoms with Gasteiger partial charge < -0.3 is 29.1 Å². The zero-order valence-corrected chi connectivity index (χ0v) is 21.5. The monoisotopic (exact) mass is 502 g/mol. The van der Waals surface area contributed by atoms with Crippen molar-refractivity contribution < 1.29 is 28.9 Å². The summed E-state index contributed by atoms with van der Waals surface area (Å²) in [6, 6.07) is 9.34. The molecule has 0 radical (unpaired) electrons. The molecule has 2 aromatic rings. The second-order valence-corrected chi connectivity index (χ2v) is 9.13. The van der Waals surface area contributed by atoms with Crippen molar-refractivity contribution in [1.29, 1.82) is 0 Å². The van der Waals surface area contributed by atoms with E-state index >= 15 is 0 Å². The van der Waals surface area contributed by atoms with Crippen molar-refractivity contribution >= 4 is 29.1 Å². The smallest absolute Gasteiger partial charge is 0.295 e. The third-order valence-electron chi connectivity index (χ3n) is 5.62. The summed E-state index contributed by atoms with van der Waals surface area (Å²) in [5.41, 5.74) is 0.832. The number of carbonyl (C=O) groups excluding carboxylic acids is 2. The van der Waals surface area contributed by atoms with E-state index in [2.05, 4.69) is 0 Å². The van der Waals surface area contributed by atoms with Gasteiger partial charge in [-0.3, -0.25) is 9.59 Å². The molecular formula is C26H31ClN2O6. The Kier molecular flexibility index (Phi) is 8.30. The zero-order chi connectivity index (χ0) is 25.9. The standard InChI is InChI=1S/C26H31ClN2O6/c1-15(2)35-17-9-7-16(8-10-17)23-22(25(31)26(32)29(23)12-11-28(3)4)24(30)18-13-21(34-6)19(27)14-20(18)33-5/h7-10,13-15,23,30H,11-12H2,1-6H3/b24-22+. The molecule has 1 N–H and O–H groups in total. The molecule has 35 heavy (non-hydrogen) atoms.